The van der Waals surface area contributed by atoms with Crippen molar-refractivity contribution in [1.29, 1.82) is 0 Å². The van der Waals surface area contributed by atoms with Crippen molar-refractivity contribution in [3.8, 4) is 0 Å². The Morgan fingerprint density at radius 2 is 1.64 bits per heavy atom. The van der Waals surface area contributed by atoms with Crippen LogP contribution in [0.15, 0.2) is 48.5 Å². The van der Waals surface area contributed by atoms with Gasteiger partial charge >= 0.3 is 0 Å². The van der Waals surface area contributed by atoms with E-state index in [1.165, 1.54) is 5.56 Å². The van der Waals surface area contributed by atoms with Crippen LogP contribution in [-0.4, -0.2) is 28.8 Å². The molecule has 0 aliphatic rings. The van der Waals surface area contributed by atoms with Crippen LogP contribution in [0.4, 0.5) is 0 Å². The van der Waals surface area contributed by atoms with Crippen molar-refractivity contribution in [2.75, 3.05) is 0 Å². The fourth-order valence-electron chi connectivity index (χ4n) is 3.04. The standard InChI is InChI=1S/C24H32N2O2/c1-6-19(4)25-24(28)20(5)26(16-21-12-10-17(2)11-13-21)23(27)15-22-9-7-8-18(3)14-22/h7-14,19-20H,6,15-16H2,1-5H3,(H,25,28)/t19-,20+/m1/s1. The van der Waals surface area contributed by atoms with E-state index in [-0.39, 0.29) is 24.3 Å². The molecule has 2 aromatic carbocycles. The Bertz CT molecular complexity index is 799. The SMILES string of the molecule is CC[C@@H](C)NC(=O)[C@H](C)N(Cc1ccc(C)cc1)C(=O)Cc1cccc(C)c1. The Morgan fingerprint density at radius 3 is 2.25 bits per heavy atom. The van der Waals surface area contributed by atoms with Crippen LogP contribution >= 0.6 is 0 Å². The van der Waals surface area contributed by atoms with Crippen LogP contribution in [0.25, 0.3) is 0 Å². The molecule has 0 saturated carbocycles. The monoisotopic (exact) mass is 380 g/mol. The number of hydrogen-bond acceptors (Lipinski definition) is 2. The number of aryl methyl sites for hydroxylation is 2. The normalized spacial score (nSPS) is 12.9. The number of benzene rings is 2. The quantitative estimate of drug-likeness (QED) is 0.747. The van der Waals surface area contributed by atoms with Crippen LogP contribution in [0.3, 0.4) is 0 Å². The number of rotatable bonds is 8. The lowest BCUT2D eigenvalue weighted by Gasteiger charge is -2.30. The Balaban J connectivity index is 2.22. The van der Waals surface area contributed by atoms with Crippen LogP contribution in [0.2, 0.25) is 0 Å². The zero-order valence-corrected chi connectivity index (χ0v) is 17.7. The van der Waals surface area contributed by atoms with Crippen molar-refractivity contribution in [3.63, 3.8) is 0 Å². The van der Waals surface area contributed by atoms with Gasteiger partial charge in [-0.1, -0.05) is 66.6 Å². The summed E-state index contributed by atoms with van der Waals surface area (Å²) in [5.74, 6) is -0.156. The molecule has 0 saturated heterocycles. The average Bonchev–Trinajstić information content (AvgIpc) is 2.66. The maximum atomic E-state index is 13.1. The first-order valence-electron chi connectivity index (χ1n) is 10.0. The van der Waals surface area contributed by atoms with Crippen molar-refractivity contribution < 1.29 is 9.59 Å². The molecule has 1 N–H and O–H groups in total. The number of nitrogens with one attached hydrogen (secondary N) is 1. The number of hydrogen-bond donors (Lipinski definition) is 1. The third-order valence-corrected chi connectivity index (χ3v) is 5.08. The Morgan fingerprint density at radius 1 is 0.964 bits per heavy atom. The summed E-state index contributed by atoms with van der Waals surface area (Å²) in [6, 6.07) is 15.6. The molecule has 28 heavy (non-hydrogen) atoms. The molecule has 0 bridgehead atoms. The van der Waals surface area contributed by atoms with Crippen LogP contribution in [-0.2, 0) is 22.6 Å². The van der Waals surface area contributed by atoms with Gasteiger partial charge < -0.3 is 10.2 Å². The van der Waals surface area contributed by atoms with Crippen molar-refractivity contribution in [3.05, 3.63) is 70.8 Å². The van der Waals surface area contributed by atoms with E-state index in [4.69, 9.17) is 0 Å². The summed E-state index contributed by atoms with van der Waals surface area (Å²) in [7, 11) is 0. The van der Waals surface area contributed by atoms with Crippen LogP contribution in [0.5, 0.6) is 0 Å². The molecule has 2 atom stereocenters. The lowest BCUT2D eigenvalue weighted by molar-refractivity contribution is -0.140. The second kappa shape index (κ2) is 10.1. The molecule has 2 amide bonds. The van der Waals surface area contributed by atoms with Crippen LogP contribution < -0.4 is 5.32 Å². The van der Waals surface area contributed by atoms with E-state index in [2.05, 4.69) is 5.32 Å². The van der Waals surface area contributed by atoms with Gasteiger partial charge in [-0.2, -0.15) is 0 Å². The molecule has 4 nitrogen and oxygen atoms in total. The lowest BCUT2D eigenvalue weighted by atomic mass is 10.1. The molecular weight excluding hydrogens is 348 g/mol. The summed E-state index contributed by atoms with van der Waals surface area (Å²) in [5, 5.41) is 3.00. The maximum Gasteiger partial charge on any atom is 0.242 e. The Labute approximate surface area is 169 Å². The lowest BCUT2D eigenvalue weighted by Crippen LogP contribution is -2.49. The van der Waals surface area contributed by atoms with E-state index in [0.29, 0.717) is 6.54 Å². The van der Waals surface area contributed by atoms with E-state index in [1.807, 2.05) is 76.2 Å². The minimum atomic E-state index is -0.535. The first kappa shape index (κ1) is 21.7. The molecule has 0 unspecified atom stereocenters. The smallest absolute Gasteiger partial charge is 0.242 e. The van der Waals surface area contributed by atoms with Gasteiger partial charge in [0.05, 0.1) is 6.42 Å². The minimum Gasteiger partial charge on any atom is -0.352 e. The second-order valence-corrected chi connectivity index (χ2v) is 7.67. The number of amides is 2. The van der Waals surface area contributed by atoms with Gasteiger partial charge in [0.1, 0.15) is 6.04 Å². The van der Waals surface area contributed by atoms with Gasteiger partial charge in [0, 0.05) is 12.6 Å². The van der Waals surface area contributed by atoms with Gasteiger partial charge in [0.2, 0.25) is 11.8 Å². The van der Waals surface area contributed by atoms with Crippen molar-refractivity contribution in [2.45, 2.75) is 66.1 Å². The highest BCUT2D eigenvalue weighted by molar-refractivity contribution is 5.88. The summed E-state index contributed by atoms with van der Waals surface area (Å²) >= 11 is 0. The molecule has 0 radical (unpaired) electrons. The molecule has 0 aromatic heterocycles. The molecule has 2 rings (SSSR count). The van der Waals surface area contributed by atoms with Gasteiger partial charge in [0.25, 0.3) is 0 Å². The molecular formula is C24H32N2O2. The first-order chi connectivity index (χ1) is 13.3. The van der Waals surface area contributed by atoms with E-state index < -0.39 is 6.04 Å². The third-order valence-electron chi connectivity index (χ3n) is 5.08. The summed E-state index contributed by atoms with van der Waals surface area (Å²) in [6.07, 6.45) is 1.14. The zero-order valence-electron chi connectivity index (χ0n) is 17.7. The van der Waals surface area contributed by atoms with E-state index in [1.54, 1.807) is 11.8 Å². The molecule has 2 aromatic rings. The predicted molar refractivity (Wildman–Crippen MR) is 114 cm³/mol. The number of carbonyl (C=O) groups excluding carboxylic acids is 2. The van der Waals surface area contributed by atoms with Crippen LogP contribution in [0, 0.1) is 13.8 Å². The highest BCUT2D eigenvalue weighted by Crippen LogP contribution is 2.14. The highest BCUT2D eigenvalue weighted by atomic mass is 16.2. The Kier molecular flexibility index (Phi) is 7.80. The van der Waals surface area contributed by atoms with E-state index in [0.717, 1.165) is 23.1 Å². The first-order valence-corrected chi connectivity index (χ1v) is 10.0. The molecule has 150 valence electrons. The van der Waals surface area contributed by atoms with E-state index >= 15 is 0 Å². The topological polar surface area (TPSA) is 49.4 Å². The third kappa shape index (κ3) is 6.22. The summed E-state index contributed by atoms with van der Waals surface area (Å²) < 4.78 is 0. The molecule has 0 spiro atoms. The second-order valence-electron chi connectivity index (χ2n) is 7.67. The number of nitrogens with zero attached hydrogens (tertiary/aromatic N) is 1. The van der Waals surface area contributed by atoms with Gasteiger partial charge in [-0.15, -0.1) is 0 Å². The number of carbonyl (C=O) groups is 2. The maximum absolute atomic E-state index is 13.1. The van der Waals surface area contributed by atoms with Crippen molar-refractivity contribution >= 4 is 11.8 Å². The summed E-state index contributed by atoms with van der Waals surface area (Å²) in [6.45, 7) is 10.3. The summed E-state index contributed by atoms with van der Waals surface area (Å²) in [4.78, 5) is 27.5. The average molecular weight is 381 g/mol. The van der Waals surface area contributed by atoms with Gasteiger partial charge in [-0.3, -0.25) is 9.59 Å². The van der Waals surface area contributed by atoms with Crippen molar-refractivity contribution in [1.82, 2.24) is 10.2 Å². The molecule has 0 heterocycles. The highest BCUT2D eigenvalue weighted by Gasteiger charge is 2.26. The van der Waals surface area contributed by atoms with Gasteiger partial charge in [-0.25, -0.2) is 0 Å². The minimum absolute atomic E-state index is 0.0435. The predicted octanol–water partition coefficient (Wildman–Crippen LogP) is 4.18. The molecule has 0 aliphatic carbocycles. The Hall–Kier alpha value is -2.62. The van der Waals surface area contributed by atoms with E-state index in [9.17, 15) is 9.59 Å². The zero-order chi connectivity index (χ0) is 20.7. The van der Waals surface area contributed by atoms with Gasteiger partial charge in [-0.05, 0) is 45.2 Å². The molecule has 4 heteroatoms. The van der Waals surface area contributed by atoms with Gasteiger partial charge in [0.15, 0.2) is 0 Å². The van der Waals surface area contributed by atoms with Crippen molar-refractivity contribution in [2.24, 2.45) is 0 Å². The fraction of sp³-hybridized carbons (Fsp3) is 0.417. The molecule has 0 aliphatic heterocycles. The van der Waals surface area contributed by atoms with Crippen LogP contribution in [0.1, 0.15) is 49.4 Å². The fourth-order valence-corrected chi connectivity index (χ4v) is 3.04. The molecule has 0 fully saturated rings. The summed E-state index contributed by atoms with van der Waals surface area (Å²) in [5.41, 5.74) is 4.28. The largest absolute Gasteiger partial charge is 0.352 e.